The molecule has 0 amide bonds. The molecule has 0 atom stereocenters. The molecule has 33 heavy (non-hydrogen) atoms. The van der Waals surface area contributed by atoms with Gasteiger partial charge < -0.3 is 14.0 Å². The maximum atomic E-state index is 12.7. The second kappa shape index (κ2) is 10.6. The zero-order chi connectivity index (χ0) is 24.1. The van der Waals surface area contributed by atoms with Crippen molar-refractivity contribution < 1.29 is 27.8 Å². The monoisotopic (exact) mass is 493 g/mol. The predicted molar refractivity (Wildman–Crippen MR) is 123 cm³/mol. The highest BCUT2D eigenvalue weighted by atomic mass is 35.5. The number of nitrogens with zero attached hydrogens (tertiary/aromatic N) is 1. The Morgan fingerprint density at radius 2 is 1.76 bits per heavy atom. The van der Waals surface area contributed by atoms with Gasteiger partial charge in [0.2, 0.25) is 5.78 Å². The number of aryl methyl sites for hydroxylation is 1. The number of rotatable bonds is 8. The highest BCUT2D eigenvalue weighted by Crippen LogP contribution is 2.24. The molecule has 3 rings (SSSR count). The van der Waals surface area contributed by atoms with E-state index in [1.54, 1.807) is 54.8 Å². The van der Waals surface area contributed by atoms with Gasteiger partial charge in [-0.15, -0.1) is 0 Å². The molecule has 0 aliphatic rings. The first-order valence-electron chi connectivity index (χ1n) is 9.73. The number of aromatic nitrogens is 1. The number of esters is 1. The zero-order valence-corrected chi connectivity index (χ0v) is 19.2. The largest absolute Gasteiger partial charge is 0.454 e. The Morgan fingerprint density at radius 3 is 2.39 bits per heavy atom. The maximum absolute atomic E-state index is 12.7. The molecule has 0 bridgehead atoms. The summed E-state index contributed by atoms with van der Waals surface area (Å²) in [7, 11) is 0. The molecule has 3 aromatic rings. The van der Waals surface area contributed by atoms with E-state index in [0.717, 1.165) is 5.69 Å². The van der Waals surface area contributed by atoms with E-state index in [-0.39, 0.29) is 11.5 Å². The van der Waals surface area contributed by atoms with Crippen LogP contribution in [0.5, 0.6) is 5.75 Å². The van der Waals surface area contributed by atoms with Crippen LogP contribution in [-0.2, 0) is 9.53 Å². The minimum absolute atomic E-state index is 0.0346. The van der Waals surface area contributed by atoms with Crippen LogP contribution in [-0.4, -0.2) is 29.5 Å². The van der Waals surface area contributed by atoms with E-state index in [4.69, 9.17) is 27.9 Å². The molecule has 9 heteroatoms. The van der Waals surface area contributed by atoms with Crippen molar-refractivity contribution in [2.45, 2.75) is 20.5 Å². The molecule has 1 aromatic heterocycles. The predicted octanol–water partition coefficient (Wildman–Crippen LogP) is 6.44. The van der Waals surface area contributed by atoms with Crippen molar-refractivity contribution >= 4 is 41.0 Å². The van der Waals surface area contributed by atoms with E-state index in [0.29, 0.717) is 32.6 Å². The summed E-state index contributed by atoms with van der Waals surface area (Å²) in [4.78, 5) is 24.7. The number of carbonyl (C=O) groups is 2. The summed E-state index contributed by atoms with van der Waals surface area (Å²) in [5.74, 6) is -1.04. The number of hydrogen-bond donors (Lipinski definition) is 0. The number of alkyl halides is 2. The fourth-order valence-electron chi connectivity index (χ4n) is 3.28. The van der Waals surface area contributed by atoms with Crippen LogP contribution in [0, 0.1) is 13.8 Å². The summed E-state index contributed by atoms with van der Waals surface area (Å²) in [6.07, 6.45) is 2.65. The molecule has 2 aromatic carbocycles. The van der Waals surface area contributed by atoms with Crippen molar-refractivity contribution in [3.05, 3.63) is 87.2 Å². The Bertz CT molecular complexity index is 1200. The van der Waals surface area contributed by atoms with Crippen LogP contribution in [0.25, 0.3) is 11.8 Å². The lowest BCUT2D eigenvalue weighted by atomic mass is 10.1. The third-order valence-electron chi connectivity index (χ3n) is 4.76. The van der Waals surface area contributed by atoms with Gasteiger partial charge in [-0.3, -0.25) is 4.79 Å². The molecule has 0 N–H and O–H groups in total. The highest BCUT2D eigenvalue weighted by molar-refractivity contribution is 6.35. The lowest BCUT2D eigenvalue weighted by molar-refractivity contribution is -0.136. The number of ketones is 1. The summed E-state index contributed by atoms with van der Waals surface area (Å²) >= 11 is 11.9. The lowest BCUT2D eigenvalue weighted by Crippen LogP contribution is -2.13. The standard InChI is InChI=1S/C24H19Cl2F2NO4/c1-14-11-20(15(2)29(14)18-6-8-19(9-7-18)33-24(27)28)22(30)13-32-23(31)10-4-16-3-5-17(25)12-21(16)26/h3-12,24H,13H2,1-2H3. The second-order valence-electron chi connectivity index (χ2n) is 7.02. The molecule has 0 radical (unpaired) electrons. The smallest absolute Gasteiger partial charge is 0.387 e. The van der Waals surface area contributed by atoms with Crippen molar-refractivity contribution in [3.8, 4) is 11.4 Å². The Morgan fingerprint density at radius 1 is 1.06 bits per heavy atom. The van der Waals surface area contributed by atoms with Gasteiger partial charge in [0.25, 0.3) is 0 Å². The van der Waals surface area contributed by atoms with Crippen LogP contribution >= 0.6 is 23.2 Å². The van der Waals surface area contributed by atoms with E-state index >= 15 is 0 Å². The molecule has 0 spiro atoms. The quantitative estimate of drug-likeness (QED) is 0.206. The van der Waals surface area contributed by atoms with E-state index in [1.165, 1.54) is 24.3 Å². The minimum atomic E-state index is -2.91. The van der Waals surface area contributed by atoms with Gasteiger partial charge in [-0.25, -0.2) is 4.79 Å². The van der Waals surface area contributed by atoms with Crippen LogP contribution in [0.2, 0.25) is 10.0 Å². The van der Waals surface area contributed by atoms with Gasteiger partial charge in [-0.2, -0.15) is 8.78 Å². The van der Waals surface area contributed by atoms with Gasteiger partial charge in [0, 0.05) is 38.8 Å². The normalized spacial score (nSPS) is 11.2. The number of carbonyl (C=O) groups excluding carboxylic acids is 2. The van der Waals surface area contributed by atoms with E-state index in [1.807, 2.05) is 0 Å². The number of Topliss-reactive ketones (excluding diaryl/α,β-unsaturated/α-hetero) is 1. The van der Waals surface area contributed by atoms with Crippen LogP contribution in [0.4, 0.5) is 8.78 Å². The molecule has 0 aliphatic carbocycles. The van der Waals surface area contributed by atoms with Gasteiger partial charge in [0.1, 0.15) is 5.75 Å². The number of hydrogen-bond acceptors (Lipinski definition) is 4. The van der Waals surface area contributed by atoms with Gasteiger partial charge >= 0.3 is 12.6 Å². The summed E-state index contributed by atoms with van der Waals surface area (Å²) in [5.41, 5.74) is 3.02. The molecule has 1 heterocycles. The number of benzene rings is 2. The molecule has 0 saturated carbocycles. The number of halogens is 4. The summed E-state index contributed by atoms with van der Waals surface area (Å²) in [6.45, 7) is 0.200. The van der Waals surface area contributed by atoms with Gasteiger partial charge in [-0.05, 0) is 68.0 Å². The Hall–Kier alpha value is -3.16. The molecule has 172 valence electrons. The summed E-state index contributed by atoms with van der Waals surface area (Å²) in [6, 6.07) is 12.6. The lowest BCUT2D eigenvalue weighted by Gasteiger charge is -2.11. The fourth-order valence-corrected chi connectivity index (χ4v) is 3.75. The molecule has 5 nitrogen and oxygen atoms in total. The van der Waals surface area contributed by atoms with Crippen molar-refractivity contribution in [3.63, 3.8) is 0 Å². The van der Waals surface area contributed by atoms with Crippen LogP contribution in [0.15, 0.2) is 54.6 Å². The van der Waals surface area contributed by atoms with Crippen molar-refractivity contribution in [2.24, 2.45) is 0 Å². The Kier molecular flexibility index (Phi) is 7.89. The van der Waals surface area contributed by atoms with Crippen molar-refractivity contribution in [1.29, 1.82) is 0 Å². The molecular weight excluding hydrogens is 475 g/mol. The van der Waals surface area contributed by atoms with Crippen molar-refractivity contribution in [1.82, 2.24) is 4.57 Å². The first-order chi connectivity index (χ1) is 15.7. The first kappa shape index (κ1) is 24.5. The van der Waals surface area contributed by atoms with Gasteiger partial charge in [0.05, 0.1) is 0 Å². The zero-order valence-electron chi connectivity index (χ0n) is 17.7. The maximum Gasteiger partial charge on any atom is 0.387 e. The van der Waals surface area contributed by atoms with E-state index < -0.39 is 19.2 Å². The topological polar surface area (TPSA) is 57.5 Å². The third kappa shape index (κ3) is 6.21. The first-order valence-corrected chi connectivity index (χ1v) is 10.5. The molecule has 0 fully saturated rings. The molecule has 0 unspecified atom stereocenters. The molecule has 0 aliphatic heterocycles. The van der Waals surface area contributed by atoms with Gasteiger partial charge in [0.15, 0.2) is 6.61 Å². The average Bonchev–Trinajstić information content (AvgIpc) is 3.05. The van der Waals surface area contributed by atoms with Crippen LogP contribution < -0.4 is 4.74 Å². The Labute approximate surface area is 199 Å². The van der Waals surface area contributed by atoms with E-state index in [9.17, 15) is 18.4 Å². The summed E-state index contributed by atoms with van der Waals surface area (Å²) < 4.78 is 35.9. The summed E-state index contributed by atoms with van der Waals surface area (Å²) in [5, 5.41) is 0.851. The van der Waals surface area contributed by atoms with Crippen LogP contribution in [0.3, 0.4) is 0 Å². The fraction of sp³-hybridized carbons (Fsp3) is 0.167. The number of ether oxygens (including phenoxy) is 2. The molecular formula is C24H19Cl2F2NO4. The van der Waals surface area contributed by atoms with Crippen LogP contribution in [0.1, 0.15) is 27.3 Å². The SMILES string of the molecule is Cc1cc(C(=O)COC(=O)C=Cc2ccc(Cl)cc2Cl)c(C)n1-c1ccc(OC(F)F)cc1. The third-order valence-corrected chi connectivity index (χ3v) is 5.32. The second-order valence-corrected chi connectivity index (χ2v) is 7.87. The average molecular weight is 494 g/mol. The Balaban J connectivity index is 1.67. The van der Waals surface area contributed by atoms with Crippen molar-refractivity contribution in [2.75, 3.05) is 6.61 Å². The van der Waals surface area contributed by atoms with E-state index in [2.05, 4.69) is 4.74 Å². The minimum Gasteiger partial charge on any atom is -0.454 e. The highest BCUT2D eigenvalue weighted by Gasteiger charge is 2.18. The van der Waals surface area contributed by atoms with Gasteiger partial charge in [-0.1, -0.05) is 29.3 Å². The molecule has 0 saturated heterocycles.